The van der Waals surface area contributed by atoms with Crippen LogP contribution in [0.4, 0.5) is 0 Å². The Balaban J connectivity index is 1.52. The summed E-state index contributed by atoms with van der Waals surface area (Å²) in [5.41, 5.74) is 4.54. The van der Waals surface area contributed by atoms with E-state index in [4.69, 9.17) is 4.74 Å². The van der Waals surface area contributed by atoms with Gasteiger partial charge in [-0.05, 0) is 60.0 Å². The maximum Gasteiger partial charge on any atom is 0.237 e. The van der Waals surface area contributed by atoms with Crippen molar-refractivity contribution in [2.24, 2.45) is 0 Å². The van der Waals surface area contributed by atoms with Crippen LogP contribution in [0.3, 0.4) is 0 Å². The van der Waals surface area contributed by atoms with Gasteiger partial charge < -0.3 is 4.74 Å². The van der Waals surface area contributed by atoms with Crippen LogP contribution in [0.15, 0.2) is 47.2 Å². The van der Waals surface area contributed by atoms with Gasteiger partial charge in [0.2, 0.25) is 5.88 Å². The van der Waals surface area contributed by atoms with Crippen molar-refractivity contribution < 1.29 is 4.74 Å². The number of thiophene rings is 1. The molecule has 0 aliphatic heterocycles. The van der Waals surface area contributed by atoms with Gasteiger partial charge in [-0.1, -0.05) is 6.07 Å². The van der Waals surface area contributed by atoms with E-state index in [1.165, 1.54) is 24.0 Å². The fourth-order valence-corrected chi connectivity index (χ4v) is 3.76. The molecule has 0 amide bonds. The number of aryl methyl sites for hydroxylation is 2. The number of ether oxygens (including phenoxy) is 1. The minimum Gasteiger partial charge on any atom is -0.438 e. The zero-order valence-corrected chi connectivity index (χ0v) is 13.7. The molecule has 0 N–H and O–H groups in total. The molecule has 3 aromatic heterocycles. The quantitative estimate of drug-likeness (QED) is 0.565. The standard InChI is InChI=1S/C18H14N4OS/c1-2-12-4-5-15(10-13(12)3-1)23-17-7-6-16-19-20-18(22(16)21-17)14-8-9-24-11-14/h4-11H,1-3H2. The molecule has 0 saturated carbocycles. The number of rotatable bonds is 3. The molecule has 0 spiro atoms. The second-order valence-corrected chi connectivity index (χ2v) is 6.64. The topological polar surface area (TPSA) is 52.3 Å². The molecule has 1 aliphatic carbocycles. The molecular formula is C18H14N4OS. The average Bonchev–Trinajstić information content (AvgIpc) is 3.34. The molecule has 1 aromatic carbocycles. The first-order valence-corrected chi connectivity index (χ1v) is 8.86. The first kappa shape index (κ1) is 13.7. The fourth-order valence-electron chi connectivity index (χ4n) is 3.13. The molecule has 4 aromatic rings. The van der Waals surface area contributed by atoms with E-state index in [9.17, 15) is 0 Å². The molecule has 5 nitrogen and oxygen atoms in total. The van der Waals surface area contributed by atoms with Crippen LogP contribution in [0.25, 0.3) is 17.0 Å². The largest absolute Gasteiger partial charge is 0.438 e. The summed E-state index contributed by atoms with van der Waals surface area (Å²) in [5, 5.41) is 17.0. The highest BCUT2D eigenvalue weighted by atomic mass is 32.1. The van der Waals surface area contributed by atoms with Crippen LogP contribution in [-0.2, 0) is 12.8 Å². The highest BCUT2D eigenvalue weighted by Crippen LogP contribution is 2.29. The average molecular weight is 334 g/mol. The number of hydrogen-bond acceptors (Lipinski definition) is 5. The maximum absolute atomic E-state index is 5.97. The molecule has 0 radical (unpaired) electrons. The summed E-state index contributed by atoms with van der Waals surface area (Å²) < 4.78 is 7.70. The van der Waals surface area contributed by atoms with Crippen molar-refractivity contribution in [3.8, 4) is 23.0 Å². The lowest BCUT2D eigenvalue weighted by Gasteiger charge is -2.07. The third-order valence-corrected chi connectivity index (χ3v) is 4.99. The van der Waals surface area contributed by atoms with Gasteiger partial charge >= 0.3 is 0 Å². The molecule has 0 unspecified atom stereocenters. The predicted molar refractivity (Wildman–Crippen MR) is 92.6 cm³/mol. The SMILES string of the molecule is c1cc(-c2nnc3ccc(Oc4ccc5c(c4)CCC5)nn23)cs1. The van der Waals surface area contributed by atoms with E-state index in [2.05, 4.69) is 27.4 Å². The zero-order chi connectivity index (χ0) is 15.9. The number of fused-ring (bicyclic) bond motifs is 2. The smallest absolute Gasteiger partial charge is 0.237 e. The van der Waals surface area contributed by atoms with Crippen LogP contribution in [-0.4, -0.2) is 19.8 Å². The third-order valence-electron chi connectivity index (χ3n) is 4.31. The van der Waals surface area contributed by atoms with Crippen molar-refractivity contribution in [2.75, 3.05) is 0 Å². The third kappa shape index (κ3) is 2.27. The number of nitrogens with zero attached hydrogens (tertiary/aromatic N) is 4. The summed E-state index contributed by atoms with van der Waals surface area (Å²) in [7, 11) is 0. The molecule has 0 saturated heterocycles. The molecule has 0 atom stereocenters. The van der Waals surface area contributed by atoms with E-state index < -0.39 is 0 Å². The van der Waals surface area contributed by atoms with Gasteiger partial charge in [-0.25, -0.2) is 0 Å². The van der Waals surface area contributed by atoms with E-state index in [1.54, 1.807) is 15.9 Å². The van der Waals surface area contributed by atoms with Crippen LogP contribution in [0.5, 0.6) is 11.6 Å². The summed E-state index contributed by atoms with van der Waals surface area (Å²) >= 11 is 1.62. The van der Waals surface area contributed by atoms with Gasteiger partial charge in [0.1, 0.15) is 5.75 Å². The van der Waals surface area contributed by atoms with E-state index in [1.807, 2.05) is 35.0 Å². The Kier molecular flexibility index (Phi) is 3.09. The molecule has 0 fully saturated rings. The lowest BCUT2D eigenvalue weighted by Crippen LogP contribution is -1.97. The van der Waals surface area contributed by atoms with E-state index in [-0.39, 0.29) is 0 Å². The van der Waals surface area contributed by atoms with Crippen molar-refractivity contribution in [1.29, 1.82) is 0 Å². The Morgan fingerprint density at radius 1 is 1.00 bits per heavy atom. The number of benzene rings is 1. The second kappa shape index (κ2) is 5.42. The minimum atomic E-state index is 0.539. The number of aromatic nitrogens is 4. The van der Waals surface area contributed by atoms with E-state index in [0.717, 1.165) is 23.6 Å². The Hall–Kier alpha value is -2.73. The van der Waals surface area contributed by atoms with Crippen LogP contribution in [0.2, 0.25) is 0 Å². The Morgan fingerprint density at radius 3 is 2.88 bits per heavy atom. The Morgan fingerprint density at radius 2 is 1.96 bits per heavy atom. The molecule has 1 aliphatic rings. The van der Waals surface area contributed by atoms with Gasteiger partial charge in [-0.3, -0.25) is 0 Å². The molecule has 3 heterocycles. The van der Waals surface area contributed by atoms with E-state index >= 15 is 0 Å². The predicted octanol–water partition coefficient (Wildman–Crippen LogP) is 4.13. The van der Waals surface area contributed by atoms with Gasteiger partial charge in [-0.15, -0.1) is 15.3 Å². The molecule has 118 valence electrons. The first-order chi connectivity index (χ1) is 11.9. The zero-order valence-electron chi connectivity index (χ0n) is 12.8. The van der Waals surface area contributed by atoms with Gasteiger partial charge in [0.05, 0.1) is 0 Å². The minimum absolute atomic E-state index is 0.539. The van der Waals surface area contributed by atoms with Gasteiger partial charge in [-0.2, -0.15) is 15.9 Å². The molecule has 6 heteroatoms. The summed E-state index contributed by atoms with van der Waals surface area (Å²) in [6.45, 7) is 0. The summed E-state index contributed by atoms with van der Waals surface area (Å²) in [6.07, 6.45) is 3.53. The fraction of sp³-hybridized carbons (Fsp3) is 0.167. The monoisotopic (exact) mass is 334 g/mol. The summed E-state index contributed by atoms with van der Waals surface area (Å²) in [6, 6.07) is 12.0. The summed E-state index contributed by atoms with van der Waals surface area (Å²) in [4.78, 5) is 0. The maximum atomic E-state index is 5.97. The lowest BCUT2D eigenvalue weighted by atomic mass is 10.1. The molecule has 0 bridgehead atoms. The van der Waals surface area contributed by atoms with Crippen LogP contribution >= 0.6 is 11.3 Å². The Bertz CT molecular complexity index is 1020. The van der Waals surface area contributed by atoms with E-state index in [0.29, 0.717) is 11.5 Å². The van der Waals surface area contributed by atoms with Gasteiger partial charge in [0, 0.05) is 17.0 Å². The Labute approximate surface area is 142 Å². The molecule has 5 rings (SSSR count). The van der Waals surface area contributed by atoms with Gasteiger partial charge in [0.15, 0.2) is 11.5 Å². The molecule has 24 heavy (non-hydrogen) atoms. The first-order valence-electron chi connectivity index (χ1n) is 7.91. The highest BCUT2D eigenvalue weighted by molar-refractivity contribution is 7.08. The summed E-state index contributed by atoms with van der Waals surface area (Å²) in [5.74, 6) is 2.09. The van der Waals surface area contributed by atoms with Crippen LogP contribution < -0.4 is 4.74 Å². The van der Waals surface area contributed by atoms with Crippen LogP contribution in [0, 0.1) is 0 Å². The van der Waals surface area contributed by atoms with Gasteiger partial charge in [0.25, 0.3) is 0 Å². The van der Waals surface area contributed by atoms with Crippen molar-refractivity contribution in [1.82, 2.24) is 19.8 Å². The normalized spacial score (nSPS) is 13.3. The van der Waals surface area contributed by atoms with Crippen molar-refractivity contribution in [3.05, 3.63) is 58.3 Å². The second-order valence-electron chi connectivity index (χ2n) is 5.86. The lowest BCUT2D eigenvalue weighted by molar-refractivity contribution is 0.452. The van der Waals surface area contributed by atoms with Crippen LogP contribution in [0.1, 0.15) is 17.5 Å². The number of hydrogen-bond donors (Lipinski definition) is 0. The van der Waals surface area contributed by atoms with Crippen molar-refractivity contribution in [2.45, 2.75) is 19.3 Å². The molecular weight excluding hydrogens is 320 g/mol. The van der Waals surface area contributed by atoms with Crippen molar-refractivity contribution >= 4 is 17.0 Å². The van der Waals surface area contributed by atoms with Crippen molar-refractivity contribution in [3.63, 3.8) is 0 Å². The highest BCUT2D eigenvalue weighted by Gasteiger charge is 2.13.